The lowest BCUT2D eigenvalue weighted by Gasteiger charge is -2.30. The molecule has 1 saturated heterocycles. The quantitative estimate of drug-likeness (QED) is 0.650. The van der Waals surface area contributed by atoms with Crippen molar-refractivity contribution in [2.45, 2.75) is 12.8 Å². The number of aliphatic hydroxyl groups excluding tert-OH is 1. The molecule has 6 heteroatoms. The molecule has 27 heavy (non-hydrogen) atoms. The minimum atomic E-state index is 0.0370. The maximum atomic E-state index is 12.5. The van der Waals surface area contributed by atoms with Crippen LogP contribution < -0.4 is 5.32 Å². The molecular weight excluding hydrogens is 340 g/mol. The first-order chi connectivity index (χ1) is 13.2. The Morgan fingerprint density at radius 2 is 1.89 bits per heavy atom. The number of para-hydroxylation sites is 2. The lowest BCUT2D eigenvalue weighted by molar-refractivity contribution is -0.121. The lowest BCUT2D eigenvalue weighted by Crippen LogP contribution is -2.39. The summed E-state index contributed by atoms with van der Waals surface area (Å²) in [6, 6.07) is 15.7. The van der Waals surface area contributed by atoms with E-state index in [1.54, 1.807) is 0 Å². The van der Waals surface area contributed by atoms with Gasteiger partial charge < -0.3 is 20.3 Å². The van der Waals surface area contributed by atoms with Gasteiger partial charge in [-0.05, 0) is 62.3 Å². The number of hydrogen-bond donors (Lipinski definition) is 3. The number of likely N-dealkylation sites (tertiary alicyclic amines) is 1. The third-order valence-electron chi connectivity index (χ3n) is 5.19. The number of H-pyrrole nitrogens is 1. The number of hydrogen-bond acceptors (Lipinski definition) is 4. The molecule has 0 spiro atoms. The Hall–Kier alpha value is -2.70. The van der Waals surface area contributed by atoms with Gasteiger partial charge in [-0.1, -0.05) is 12.1 Å². The van der Waals surface area contributed by atoms with Crippen molar-refractivity contribution >= 4 is 22.6 Å². The predicted octanol–water partition coefficient (Wildman–Crippen LogP) is 2.87. The zero-order chi connectivity index (χ0) is 18.6. The van der Waals surface area contributed by atoms with E-state index in [9.17, 15) is 4.79 Å². The van der Waals surface area contributed by atoms with Gasteiger partial charge in [-0.3, -0.25) is 4.79 Å². The Bertz CT molecular complexity index is 878. The van der Waals surface area contributed by atoms with Crippen molar-refractivity contribution in [1.82, 2.24) is 14.9 Å². The smallest absolute Gasteiger partial charge is 0.227 e. The number of rotatable bonds is 5. The van der Waals surface area contributed by atoms with Crippen LogP contribution in [0.5, 0.6) is 0 Å². The van der Waals surface area contributed by atoms with Gasteiger partial charge in [0.15, 0.2) is 0 Å². The normalized spacial score (nSPS) is 15.9. The highest BCUT2D eigenvalue weighted by molar-refractivity contribution is 5.92. The Morgan fingerprint density at radius 1 is 1.15 bits per heavy atom. The largest absolute Gasteiger partial charge is 0.395 e. The number of fused-ring (bicyclic) bond motifs is 1. The number of imidazole rings is 1. The van der Waals surface area contributed by atoms with Gasteiger partial charge in [-0.2, -0.15) is 0 Å². The minimum absolute atomic E-state index is 0.0370. The number of anilines is 1. The van der Waals surface area contributed by atoms with E-state index in [2.05, 4.69) is 20.2 Å². The van der Waals surface area contributed by atoms with Crippen LogP contribution in [0.25, 0.3) is 22.4 Å². The summed E-state index contributed by atoms with van der Waals surface area (Å²) in [4.78, 5) is 22.6. The van der Waals surface area contributed by atoms with Gasteiger partial charge in [-0.25, -0.2) is 4.98 Å². The topological polar surface area (TPSA) is 81.2 Å². The van der Waals surface area contributed by atoms with E-state index in [0.29, 0.717) is 6.54 Å². The molecule has 0 radical (unpaired) electrons. The average Bonchev–Trinajstić information content (AvgIpc) is 3.13. The third-order valence-corrected chi connectivity index (χ3v) is 5.19. The Labute approximate surface area is 158 Å². The van der Waals surface area contributed by atoms with Crippen molar-refractivity contribution in [3.8, 4) is 11.4 Å². The van der Waals surface area contributed by atoms with E-state index in [1.165, 1.54) is 0 Å². The third kappa shape index (κ3) is 4.02. The Morgan fingerprint density at radius 3 is 2.59 bits per heavy atom. The number of carbonyl (C=O) groups excluding carboxylic acids is 1. The summed E-state index contributed by atoms with van der Waals surface area (Å²) in [5.41, 5.74) is 3.74. The van der Waals surface area contributed by atoms with Crippen LogP contribution in [0.4, 0.5) is 5.69 Å². The fourth-order valence-electron chi connectivity index (χ4n) is 3.61. The second-order valence-corrected chi connectivity index (χ2v) is 7.01. The molecule has 3 N–H and O–H groups in total. The first-order valence-electron chi connectivity index (χ1n) is 9.42. The number of aromatic nitrogens is 2. The second kappa shape index (κ2) is 7.90. The SMILES string of the molecule is O=C(Nc1ccc(-c2nc3ccccc3[nH]2)cc1)C1CCN(CCO)CC1. The van der Waals surface area contributed by atoms with Crippen LogP contribution in [-0.4, -0.2) is 52.1 Å². The molecule has 0 atom stereocenters. The highest BCUT2D eigenvalue weighted by Crippen LogP contribution is 2.23. The second-order valence-electron chi connectivity index (χ2n) is 7.01. The Balaban J connectivity index is 1.38. The van der Waals surface area contributed by atoms with Crippen molar-refractivity contribution < 1.29 is 9.90 Å². The molecular formula is C21H24N4O2. The van der Waals surface area contributed by atoms with Gasteiger partial charge in [0, 0.05) is 23.7 Å². The summed E-state index contributed by atoms with van der Waals surface area (Å²) < 4.78 is 0. The number of nitrogens with zero attached hydrogens (tertiary/aromatic N) is 2. The molecule has 1 aliphatic heterocycles. The molecule has 3 aromatic rings. The van der Waals surface area contributed by atoms with Gasteiger partial charge in [0.1, 0.15) is 5.82 Å². The molecule has 2 aromatic carbocycles. The zero-order valence-electron chi connectivity index (χ0n) is 15.2. The number of aliphatic hydroxyl groups is 1. The summed E-state index contributed by atoms with van der Waals surface area (Å²) in [7, 11) is 0. The van der Waals surface area contributed by atoms with E-state index < -0.39 is 0 Å². The molecule has 1 aromatic heterocycles. The Kier molecular flexibility index (Phi) is 5.18. The highest BCUT2D eigenvalue weighted by atomic mass is 16.3. The van der Waals surface area contributed by atoms with Crippen LogP contribution in [0.1, 0.15) is 12.8 Å². The average molecular weight is 364 g/mol. The number of piperidine rings is 1. The summed E-state index contributed by atoms with van der Waals surface area (Å²) in [6.07, 6.45) is 1.67. The fourth-order valence-corrected chi connectivity index (χ4v) is 3.61. The maximum absolute atomic E-state index is 12.5. The van der Waals surface area contributed by atoms with Crippen LogP contribution in [0, 0.1) is 5.92 Å². The van der Waals surface area contributed by atoms with Crippen LogP contribution in [-0.2, 0) is 4.79 Å². The predicted molar refractivity (Wildman–Crippen MR) is 106 cm³/mol. The molecule has 1 amide bonds. The van der Waals surface area contributed by atoms with Crippen LogP contribution >= 0.6 is 0 Å². The molecule has 0 aliphatic carbocycles. The summed E-state index contributed by atoms with van der Waals surface area (Å²) in [6.45, 7) is 2.60. The molecule has 2 heterocycles. The van der Waals surface area contributed by atoms with Crippen molar-refractivity contribution in [2.75, 3.05) is 31.6 Å². The van der Waals surface area contributed by atoms with Gasteiger partial charge >= 0.3 is 0 Å². The van der Waals surface area contributed by atoms with Crippen molar-refractivity contribution in [3.05, 3.63) is 48.5 Å². The zero-order valence-corrected chi connectivity index (χ0v) is 15.2. The summed E-state index contributed by atoms with van der Waals surface area (Å²) in [5.74, 6) is 0.940. The van der Waals surface area contributed by atoms with E-state index >= 15 is 0 Å². The number of β-amino-alcohol motifs (C(OH)–C–C–N with tert-alkyl or cyclic N) is 1. The van der Waals surface area contributed by atoms with Crippen molar-refractivity contribution in [1.29, 1.82) is 0 Å². The van der Waals surface area contributed by atoms with E-state index in [-0.39, 0.29) is 18.4 Å². The molecule has 140 valence electrons. The van der Waals surface area contributed by atoms with Gasteiger partial charge in [0.2, 0.25) is 5.91 Å². The van der Waals surface area contributed by atoms with E-state index in [1.807, 2.05) is 48.5 Å². The summed E-state index contributed by atoms with van der Waals surface area (Å²) in [5, 5.41) is 12.0. The van der Waals surface area contributed by atoms with Crippen molar-refractivity contribution in [2.24, 2.45) is 5.92 Å². The van der Waals surface area contributed by atoms with Crippen LogP contribution in [0.3, 0.4) is 0 Å². The summed E-state index contributed by atoms with van der Waals surface area (Å²) >= 11 is 0. The van der Waals surface area contributed by atoms with Gasteiger partial charge in [0.05, 0.1) is 17.6 Å². The minimum Gasteiger partial charge on any atom is -0.395 e. The number of carbonyl (C=O) groups is 1. The lowest BCUT2D eigenvalue weighted by atomic mass is 9.96. The number of amides is 1. The van der Waals surface area contributed by atoms with Gasteiger partial charge in [-0.15, -0.1) is 0 Å². The molecule has 1 fully saturated rings. The maximum Gasteiger partial charge on any atom is 0.227 e. The van der Waals surface area contributed by atoms with E-state index in [4.69, 9.17) is 5.11 Å². The number of benzene rings is 2. The number of nitrogens with one attached hydrogen (secondary N) is 2. The first kappa shape index (κ1) is 17.7. The molecule has 0 saturated carbocycles. The molecule has 6 nitrogen and oxygen atoms in total. The highest BCUT2D eigenvalue weighted by Gasteiger charge is 2.24. The van der Waals surface area contributed by atoms with E-state index in [0.717, 1.165) is 54.0 Å². The van der Waals surface area contributed by atoms with Crippen LogP contribution in [0.15, 0.2) is 48.5 Å². The number of aromatic amines is 1. The fraction of sp³-hybridized carbons (Fsp3) is 0.333. The molecule has 0 bridgehead atoms. The molecule has 1 aliphatic rings. The monoisotopic (exact) mass is 364 g/mol. The molecule has 0 unspecified atom stereocenters. The molecule has 4 rings (SSSR count). The van der Waals surface area contributed by atoms with Crippen LogP contribution in [0.2, 0.25) is 0 Å². The van der Waals surface area contributed by atoms with Crippen molar-refractivity contribution in [3.63, 3.8) is 0 Å². The van der Waals surface area contributed by atoms with Gasteiger partial charge in [0.25, 0.3) is 0 Å². The first-order valence-corrected chi connectivity index (χ1v) is 9.42. The standard InChI is InChI=1S/C21H24N4O2/c26-14-13-25-11-9-16(10-12-25)21(27)22-17-7-5-15(6-8-17)20-23-18-3-1-2-4-19(18)24-20/h1-8,16,26H,9-14H2,(H,22,27)(H,23,24).